The van der Waals surface area contributed by atoms with Crippen LogP contribution in [0, 0.1) is 41.5 Å². The first kappa shape index (κ1) is 54.7. The molecule has 8 heteroatoms. The Morgan fingerprint density at radius 2 is 0.589 bits per heavy atom. The van der Waals surface area contributed by atoms with Crippen LogP contribution in [0.4, 0.5) is 0 Å². The zero-order chi connectivity index (χ0) is 42.1. The molecule has 56 heavy (non-hydrogen) atoms. The molecule has 0 N–H and O–H groups in total. The second-order valence-corrected chi connectivity index (χ2v) is 19.7. The van der Waals surface area contributed by atoms with E-state index in [-0.39, 0.29) is 0 Å². The van der Waals surface area contributed by atoms with Gasteiger partial charge in [-0.2, -0.15) is 37.1 Å². The Morgan fingerprint density at radius 3 is 0.750 bits per heavy atom. The molecule has 0 atom stereocenters. The Morgan fingerprint density at radius 1 is 0.411 bits per heavy atom. The van der Waals surface area contributed by atoms with E-state index in [0.717, 1.165) is 12.8 Å². The van der Waals surface area contributed by atoms with Crippen molar-refractivity contribution >= 4 is 97.6 Å². The van der Waals surface area contributed by atoms with Crippen LogP contribution in [0.15, 0.2) is 146 Å². The minimum atomic E-state index is -0.826. The van der Waals surface area contributed by atoms with Crippen molar-refractivity contribution in [1.29, 1.82) is 0 Å². The van der Waals surface area contributed by atoms with E-state index in [9.17, 15) is 0 Å². The number of benzene rings is 4. The van der Waals surface area contributed by atoms with E-state index >= 15 is 0 Å². The second-order valence-electron chi connectivity index (χ2n) is 12.2. The first-order chi connectivity index (χ1) is 27.2. The SMILES string of the molecule is C[Si].C[Si].Cc1cc2ccccc2[cH-]1.Cc1cc2ccccc2[cH-]1.Cc1cc2ccccc2[cH-]1.Cc1cc2ccccc2[cH-]1.[CH2-]CCCC[CH2-].[Cl][Zr][Cl].[Cl][Zr][Cl]. The summed E-state index contributed by atoms with van der Waals surface area (Å²) in [5.74, 6) is 0. The molecule has 0 fully saturated rings. The summed E-state index contributed by atoms with van der Waals surface area (Å²) in [7, 11) is 25.7. The standard InChI is InChI=1S/4C10H9.C6H12.2CH3Si.4ClH.2Zr/c4*1-8-6-9-4-2-3-5-10(9)7-8;1-3-5-6-4-2;2*1-2;;;;;;/h4*2-7H,1H3;1-6H2;2*1H3;4*1H;;/q4*-1;-2;;;;;;;2*+2/p-4. The zero-order valence-corrected chi connectivity index (χ0v) is 43.6. The predicted molar refractivity (Wildman–Crippen MR) is 253 cm³/mol. The Bertz CT molecular complexity index is 1670. The first-order valence-corrected chi connectivity index (χ1v) is 32.8. The van der Waals surface area contributed by atoms with E-state index < -0.39 is 41.7 Å². The Labute approximate surface area is 383 Å². The van der Waals surface area contributed by atoms with Crippen LogP contribution in [-0.4, -0.2) is 20.5 Å². The summed E-state index contributed by atoms with van der Waals surface area (Å²) in [6.07, 6.45) is 4.61. The van der Waals surface area contributed by atoms with E-state index in [1.165, 1.54) is 78.2 Å². The predicted octanol–water partition coefficient (Wildman–Crippen LogP) is 16.8. The Hall–Kier alpha value is -1.32. The van der Waals surface area contributed by atoms with E-state index in [4.69, 9.17) is 34.1 Å². The van der Waals surface area contributed by atoms with E-state index in [2.05, 4.69) is 208 Å². The van der Waals surface area contributed by atoms with Gasteiger partial charge in [-0.05, 0) is 0 Å². The number of hydrogen-bond acceptors (Lipinski definition) is 0. The van der Waals surface area contributed by atoms with Crippen molar-refractivity contribution in [3.05, 3.63) is 182 Å². The van der Waals surface area contributed by atoms with Gasteiger partial charge in [0.15, 0.2) is 0 Å². The van der Waals surface area contributed by atoms with Gasteiger partial charge in [-0.3, -0.25) is 0 Å². The molecule has 0 saturated carbocycles. The van der Waals surface area contributed by atoms with E-state index in [1.54, 1.807) is 13.1 Å². The molecule has 0 spiro atoms. The molecule has 0 unspecified atom stereocenters. The van der Waals surface area contributed by atoms with Gasteiger partial charge in [-0.1, -0.05) is 77.9 Å². The number of aryl methyl sites for hydroxylation is 4. The molecule has 6 radical (unpaired) electrons. The molecule has 0 aromatic heterocycles. The summed E-state index contributed by atoms with van der Waals surface area (Å²) in [5, 5.41) is 10.8. The van der Waals surface area contributed by atoms with Gasteiger partial charge < -0.3 is 13.8 Å². The molecular weight excluding hydrogens is 957 g/mol. The average molecular weight is 1010 g/mol. The van der Waals surface area contributed by atoms with Crippen molar-refractivity contribution in [2.24, 2.45) is 0 Å². The fourth-order valence-corrected chi connectivity index (χ4v) is 5.58. The molecule has 8 rings (SSSR count). The van der Waals surface area contributed by atoms with Gasteiger partial charge in [0.25, 0.3) is 0 Å². The van der Waals surface area contributed by atoms with Crippen molar-refractivity contribution < 1.29 is 41.7 Å². The monoisotopic (exact) mass is 1010 g/mol. The number of hydrogen-bond donors (Lipinski definition) is 0. The van der Waals surface area contributed by atoms with Crippen LogP contribution in [0.3, 0.4) is 0 Å². The fourth-order valence-electron chi connectivity index (χ4n) is 5.58. The molecule has 0 amide bonds. The summed E-state index contributed by atoms with van der Waals surface area (Å²) < 4.78 is 0. The van der Waals surface area contributed by atoms with Gasteiger partial charge in [0.2, 0.25) is 0 Å². The summed E-state index contributed by atoms with van der Waals surface area (Å²) >= 11 is -1.65. The van der Waals surface area contributed by atoms with Crippen LogP contribution in [0.25, 0.3) is 43.1 Å². The molecular formula is C48H54Cl4Si2Zr2-6. The third-order valence-corrected chi connectivity index (χ3v) is 7.80. The van der Waals surface area contributed by atoms with Crippen LogP contribution in [-0.2, 0) is 41.7 Å². The van der Waals surface area contributed by atoms with Crippen LogP contribution in [0.5, 0.6) is 0 Å². The van der Waals surface area contributed by atoms with Crippen molar-refractivity contribution in [3.63, 3.8) is 0 Å². The molecule has 0 bridgehead atoms. The van der Waals surface area contributed by atoms with Crippen LogP contribution in [0.2, 0.25) is 13.1 Å². The van der Waals surface area contributed by atoms with Gasteiger partial charge in [0.05, 0.1) is 0 Å². The van der Waals surface area contributed by atoms with Gasteiger partial charge >= 0.3 is 75.7 Å². The minimum absolute atomic E-state index is 0.826. The van der Waals surface area contributed by atoms with E-state index in [0.29, 0.717) is 0 Å². The van der Waals surface area contributed by atoms with Crippen molar-refractivity contribution in [2.75, 3.05) is 0 Å². The number of unbranched alkanes of at least 4 members (excludes halogenated alkanes) is 3. The van der Waals surface area contributed by atoms with Crippen molar-refractivity contribution in [3.8, 4) is 0 Å². The fraction of sp³-hybridized carbons (Fsp3) is 0.208. The normalized spacial score (nSPS) is 9.18. The summed E-state index contributed by atoms with van der Waals surface area (Å²) in [5.41, 5.74) is 5.39. The topological polar surface area (TPSA) is 0 Å². The van der Waals surface area contributed by atoms with Crippen LogP contribution < -0.4 is 0 Å². The molecule has 0 aliphatic rings. The van der Waals surface area contributed by atoms with Gasteiger partial charge in [-0.15, -0.1) is 162 Å². The molecule has 0 aliphatic carbocycles. The third kappa shape index (κ3) is 23.3. The van der Waals surface area contributed by atoms with Gasteiger partial charge in [0, 0.05) is 20.5 Å². The number of halogens is 4. The van der Waals surface area contributed by atoms with Gasteiger partial charge in [-0.25, -0.2) is 0 Å². The zero-order valence-electron chi connectivity index (χ0n) is 33.6. The van der Waals surface area contributed by atoms with Gasteiger partial charge in [0.1, 0.15) is 0 Å². The number of rotatable bonds is 3. The summed E-state index contributed by atoms with van der Waals surface area (Å²) in [6, 6.07) is 51.3. The van der Waals surface area contributed by atoms with E-state index in [1.807, 2.05) is 0 Å². The summed E-state index contributed by atoms with van der Waals surface area (Å²) in [6.45, 7) is 19.5. The first-order valence-electron chi connectivity index (χ1n) is 18.2. The molecule has 0 heterocycles. The van der Waals surface area contributed by atoms with Crippen molar-refractivity contribution in [1.82, 2.24) is 0 Å². The van der Waals surface area contributed by atoms with Crippen molar-refractivity contribution in [2.45, 2.75) is 66.5 Å². The van der Waals surface area contributed by atoms with Crippen LogP contribution in [0.1, 0.15) is 47.9 Å². The molecule has 8 aromatic rings. The molecule has 0 saturated heterocycles. The maximum atomic E-state index is 4.93. The second kappa shape index (κ2) is 35.6. The Balaban J connectivity index is 0.000000643. The third-order valence-electron chi connectivity index (χ3n) is 7.80. The summed E-state index contributed by atoms with van der Waals surface area (Å²) in [4.78, 5) is 0. The Kier molecular flexibility index (Phi) is 34.8. The van der Waals surface area contributed by atoms with Crippen LogP contribution >= 0.6 is 34.1 Å². The molecule has 0 nitrogen and oxygen atoms in total. The average Bonchev–Trinajstić information content (AvgIpc) is 3.99. The quantitative estimate of drug-likeness (QED) is 0.0940. The molecule has 8 aromatic carbocycles. The molecule has 296 valence electrons. The number of fused-ring (bicyclic) bond motifs is 4. The maximum absolute atomic E-state index is 4.93. The molecule has 0 aliphatic heterocycles.